The van der Waals surface area contributed by atoms with Crippen LogP contribution < -0.4 is 4.72 Å². The molecular weight excluding hydrogens is 392 g/mol. The molecule has 5 nitrogen and oxygen atoms in total. The Balaban J connectivity index is 1.50. The molecule has 1 aliphatic heterocycles. The van der Waals surface area contributed by atoms with Crippen molar-refractivity contribution in [3.63, 3.8) is 0 Å². The van der Waals surface area contributed by atoms with Crippen molar-refractivity contribution in [3.8, 4) is 0 Å². The van der Waals surface area contributed by atoms with E-state index < -0.39 is 10.0 Å². The second kappa shape index (κ2) is 7.87. The Hall–Kier alpha value is -2.48. The lowest BCUT2D eigenvalue weighted by Gasteiger charge is -2.27. The maximum atomic E-state index is 12.9. The molecule has 2 heterocycles. The van der Waals surface area contributed by atoms with Crippen molar-refractivity contribution in [3.05, 3.63) is 87.6 Å². The predicted octanol–water partition coefficient (Wildman–Crippen LogP) is 3.43. The van der Waals surface area contributed by atoms with Crippen molar-refractivity contribution in [2.45, 2.75) is 24.4 Å². The summed E-state index contributed by atoms with van der Waals surface area (Å²) in [6.45, 7) is 1.42. The molecule has 3 aromatic rings. The quantitative estimate of drug-likeness (QED) is 0.698. The molecule has 28 heavy (non-hydrogen) atoms. The van der Waals surface area contributed by atoms with Crippen molar-refractivity contribution in [1.29, 1.82) is 0 Å². The van der Waals surface area contributed by atoms with Crippen LogP contribution >= 0.6 is 11.3 Å². The monoisotopic (exact) mass is 412 g/mol. The average molecular weight is 413 g/mol. The van der Waals surface area contributed by atoms with Crippen LogP contribution in [0.1, 0.15) is 26.4 Å². The van der Waals surface area contributed by atoms with Crippen LogP contribution in [-0.4, -0.2) is 25.8 Å². The number of carbonyl (C=O) groups is 1. The summed E-state index contributed by atoms with van der Waals surface area (Å²) in [6, 6.07) is 17.6. The number of fused-ring (bicyclic) bond motifs is 1. The molecule has 0 spiro atoms. The van der Waals surface area contributed by atoms with Gasteiger partial charge in [0, 0.05) is 30.1 Å². The molecular formula is C21H20N2O3S2. The normalized spacial score (nSPS) is 13.9. The van der Waals surface area contributed by atoms with E-state index in [1.165, 1.54) is 22.6 Å². The molecule has 0 fully saturated rings. The lowest BCUT2D eigenvalue weighted by atomic mass is 10.1. The van der Waals surface area contributed by atoms with Gasteiger partial charge >= 0.3 is 0 Å². The molecule has 0 unspecified atom stereocenters. The second-order valence-corrected chi connectivity index (χ2v) is 9.45. The predicted molar refractivity (Wildman–Crippen MR) is 110 cm³/mol. The Morgan fingerprint density at radius 3 is 2.71 bits per heavy atom. The average Bonchev–Trinajstić information content (AvgIpc) is 3.20. The zero-order valence-corrected chi connectivity index (χ0v) is 16.8. The standard InChI is InChI=1S/C21H20N2O3S2/c24-21(23-11-9-20-18(15-23)10-12-27-20)17-7-4-8-19(13-17)28(25,26)22-14-16-5-2-1-3-6-16/h1-8,10,12-13,22H,9,11,14-15H2. The number of thiophene rings is 1. The molecule has 0 saturated heterocycles. The topological polar surface area (TPSA) is 66.5 Å². The highest BCUT2D eigenvalue weighted by atomic mass is 32.2. The largest absolute Gasteiger partial charge is 0.334 e. The molecule has 0 saturated carbocycles. The van der Waals surface area contributed by atoms with Gasteiger partial charge in [0.1, 0.15) is 0 Å². The van der Waals surface area contributed by atoms with E-state index in [0.29, 0.717) is 18.7 Å². The lowest BCUT2D eigenvalue weighted by molar-refractivity contribution is 0.0735. The van der Waals surface area contributed by atoms with Gasteiger partial charge in [-0.2, -0.15) is 0 Å². The summed E-state index contributed by atoms with van der Waals surface area (Å²) in [4.78, 5) is 16.1. The second-order valence-electron chi connectivity index (χ2n) is 6.68. The maximum Gasteiger partial charge on any atom is 0.254 e. The third kappa shape index (κ3) is 4.01. The highest BCUT2D eigenvalue weighted by molar-refractivity contribution is 7.89. The van der Waals surface area contributed by atoms with Crippen LogP contribution in [0.5, 0.6) is 0 Å². The molecule has 7 heteroatoms. The first-order valence-corrected chi connectivity index (χ1v) is 11.4. The molecule has 4 rings (SSSR count). The van der Waals surface area contributed by atoms with Crippen molar-refractivity contribution in [1.82, 2.24) is 9.62 Å². The fourth-order valence-electron chi connectivity index (χ4n) is 3.26. The van der Waals surface area contributed by atoms with Crippen molar-refractivity contribution < 1.29 is 13.2 Å². The van der Waals surface area contributed by atoms with Crippen LogP contribution in [0.2, 0.25) is 0 Å². The maximum absolute atomic E-state index is 12.9. The molecule has 1 aliphatic rings. The molecule has 1 aromatic heterocycles. The van der Waals surface area contributed by atoms with Crippen LogP contribution in [0.3, 0.4) is 0 Å². The van der Waals surface area contributed by atoms with E-state index in [9.17, 15) is 13.2 Å². The summed E-state index contributed by atoms with van der Waals surface area (Å²) in [5.41, 5.74) is 2.44. The number of carbonyl (C=O) groups excluding carboxylic acids is 1. The van der Waals surface area contributed by atoms with Crippen LogP contribution in [-0.2, 0) is 29.5 Å². The third-order valence-electron chi connectivity index (χ3n) is 4.80. The number of sulfonamides is 1. The summed E-state index contributed by atoms with van der Waals surface area (Å²) in [5.74, 6) is -0.142. The Morgan fingerprint density at radius 1 is 1.07 bits per heavy atom. The summed E-state index contributed by atoms with van der Waals surface area (Å²) in [7, 11) is -3.70. The van der Waals surface area contributed by atoms with Crippen LogP contribution in [0.4, 0.5) is 0 Å². The molecule has 0 atom stereocenters. The number of benzene rings is 2. The van der Waals surface area contributed by atoms with Crippen LogP contribution in [0.15, 0.2) is 70.9 Å². The van der Waals surface area contributed by atoms with E-state index in [4.69, 9.17) is 0 Å². The number of rotatable bonds is 5. The molecule has 0 radical (unpaired) electrons. The zero-order chi connectivity index (χ0) is 19.6. The van der Waals surface area contributed by atoms with Gasteiger partial charge in [-0.1, -0.05) is 36.4 Å². The van der Waals surface area contributed by atoms with Gasteiger partial charge in [0.05, 0.1) is 4.90 Å². The fraction of sp³-hybridized carbons (Fsp3) is 0.190. The van der Waals surface area contributed by atoms with Crippen molar-refractivity contribution in [2.24, 2.45) is 0 Å². The Labute approximate surface area is 168 Å². The number of amides is 1. The molecule has 1 N–H and O–H groups in total. The minimum Gasteiger partial charge on any atom is -0.334 e. The van der Waals surface area contributed by atoms with Gasteiger partial charge in [-0.05, 0) is 47.2 Å². The van der Waals surface area contributed by atoms with Gasteiger partial charge in [-0.3, -0.25) is 4.79 Å². The summed E-state index contributed by atoms with van der Waals surface area (Å²) < 4.78 is 27.9. The van der Waals surface area contributed by atoms with Crippen LogP contribution in [0, 0.1) is 0 Å². The zero-order valence-electron chi connectivity index (χ0n) is 15.2. The van der Waals surface area contributed by atoms with Gasteiger partial charge in [-0.15, -0.1) is 11.3 Å². The molecule has 144 valence electrons. The first kappa shape index (κ1) is 18.9. The minimum atomic E-state index is -3.70. The molecule has 0 bridgehead atoms. The number of nitrogens with one attached hydrogen (secondary N) is 1. The van der Waals surface area contributed by atoms with Gasteiger partial charge in [-0.25, -0.2) is 13.1 Å². The molecule has 1 amide bonds. The lowest BCUT2D eigenvalue weighted by Crippen LogP contribution is -2.35. The first-order chi connectivity index (χ1) is 13.5. The fourth-order valence-corrected chi connectivity index (χ4v) is 5.21. The number of hydrogen-bond donors (Lipinski definition) is 1. The third-order valence-corrected chi connectivity index (χ3v) is 7.22. The SMILES string of the molecule is O=C(c1cccc(S(=O)(=O)NCc2ccccc2)c1)N1CCc2sccc2C1. The smallest absolute Gasteiger partial charge is 0.254 e. The Morgan fingerprint density at radius 2 is 1.89 bits per heavy atom. The van der Waals surface area contributed by atoms with E-state index in [1.54, 1.807) is 28.4 Å². The van der Waals surface area contributed by atoms with Crippen LogP contribution in [0.25, 0.3) is 0 Å². The van der Waals surface area contributed by atoms with E-state index in [2.05, 4.69) is 4.72 Å². The van der Waals surface area contributed by atoms with Gasteiger partial charge < -0.3 is 4.90 Å². The Kier molecular flexibility index (Phi) is 5.30. The summed E-state index contributed by atoms with van der Waals surface area (Å²) in [5, 5.41) is 2.05. The van der Waals surface area contributed by atoms with Crippen molar-refractivity contribution in [2.75, 3.05) is 6.54 Å². The van der Waals surface area contributed by atoms with E-state index in [-0.39, 0.29) is 17.3 Å². The van der Waals surface area contributed by atoms with E-state index in [1.807, 2.05) is 41.8 Å². The number of hydrogen-bond acceptors (Lipinski definition) is 4. The highest BCUT2D eigenvalue weighted by Gasteiger charge is 2.24. The minimum absolute atomic E-state index is 0.0995. The highest BCUT2D eigenvalue weighted by Crippen LogP contribution is 2.25. The van der Waals surface area contributed by atoms with E-state index in [0.717, 1.165) is 12.0 Å². The first-order valence-electron chi connectivity index (χ1n) is 9.01. The summed E-state index contributed by atoms with van der Waals surface area (Å²) in [6.07, 6.45) is 0.843. The van der Waals surface area contributed by atoms with Gasteiger partial charge in [0.15, 0.2) is 0 Å². The Bertz CT molecular complexity index is 1090. The summed E-state index contributed by atoms with van der Waals surface area (Å²) >= 11 is 1.72. The number of nitrogens with zero attached hydrogens (tertiary/aromatic N) is 1. The molecule has 2 aromatic carbocycles. The van der Waals surface area contributed by atoms with Crippen molar-refractivity contribution >= 4 is 27.3 Å². The van der Waals surface area contributed by atoms with Gasteiger partial charge in [0.2, 0.25) is 10.0 Å². The molecule has 0 aliphatic carbocycles. The van der Waals surface area contributed by atoms with E-state index >= 15 is 0 Å². The van der Waals surface area contributed by atoms with Gasteiger partial charge in [0.25, 0.3) is 5.91 Å².